The van der Waals surface area contributed by atoms with Crippen molar-refractivity contribution in [3.05, 3.63) is 11.7 Å². The molecule has 90 valence electrons. The second kappa shape index (κ2) is 5.07. The van der Waals surface area contributed by atoms with Gasteiger partial charge in [-0.15, -0.1) is 0 Å². The minimum Gasteiger partial charge on any atom is -0.480 e. The smallest absolute Gasteiger partial charge is 0.329 e. The first-order valence-corrected chi connectivity index (χ1v) is 4.98. The lowest BCUT2D eigenvalue weighted by atomic mass is 9.92. The standard InChI is InChI=1S/C10H16N2O4/c1-10(2,3)4-7-11-8(16-12-7)5-15-6-9(13)14/h4-6H2,1-3H3,(H,13,14). The summed E-state index contributed by atoms with van der Waals surface area (Å²) in [5.41, 5.74) is 0.0864. The van der Waals surface area contributed by atoms with Gasteiger partial charge < -0.3 is 14.4 Å². The monoisotopic (exact) mass is 228 g/mol. The van der Waals surface area contributed by atoms with E-state index in [-0.39, 0.29) is 18.6 Å². The van der Waals surface area contributed by atoms with Crippen molar-refractivity contribution >= 4 is 5.97 Å². The van der Waals surface area contributed by atoms with Crippen LogP contribution in [0.2, 0.25) is 0 Å². The van der Waals surface area contributed by atoms with Crippen LogP contribution < -0.4 is 0 Å². The lowest BCUT2D eigenvalue weighted by molar-refractivity contribution is -0.142. The van der Waals surface area contributed by atoms with Gasteiger partial charge in [0.1, 0.15) is 13.2 Å². The molecule has 16 heavy (non-hydrogen) atoms. The van der Waals surface area contributed by atoms with E-state index in [1.807, 2.05) is 0 Å². The summed E-state index contributed by atoms with van der Waals surface area (Å²) < 4.78 is 9.74. The molecule has 1 rings (SSSR count). The third kappa shape index (κ3) is 4.88. The highest BCUT2D eigenvalue weighted by atomic mass is 16.5. The molecule has 0 aliphatic heterocycles. The third-order valence-corrected chi connectivity index (χ3v) is 1.65. The van der Waals surface area contributed by atoms with Crippen LogP contribution in [-0.4, -0.2) is 27.8 Å². The van der Waals surface area contributed by atoms with Gasteiger partial charge in [-0.1, -0.05) is 25.9 Å². The van der Waals surface area contributed by atoms with Crippen molar-refractivity contribution < 1.29 is 19.2 Å². The van der Waals surface area contributed by atoms with Gasteiger partial charge in [-0.2, -0.15) is 4.98 Å². The number of hydrogen-bond donors (Lipinski definition) is 1. The van der Waals surface area contributed by atoms with Crippen LogP contribution in [0.1, 0.15) is 32.5 Å². The van der Waals surface area contributed by atoms with Crippen molar-refractivity contribution in [1.29, 1.82) is 0 Å². The molecular formula is C10H16N2O4. The first-order valence-electron chi connectivity index (χ1n) is 4.98. The highest BCUT2D eigenvalue weighted by molar-refractivity contribution is 5.67. The molecule has 1 aromatic rings. The Morgan fingerprint density at radius 2 is 2.19 bits per heavy atom. The molecule has 0 bridgehead atoms. The number of nitrogens with zero attached hydrogens (tertiary/aromatic N) is 2. The summed E-state index contributed by atoms with van der Waals surface area (Å²) in [6.07, 6.45) is 0.704. The zero-order valence-electron chi connectivity index (χ0n) is 9.69. The fourth-order valence-electron chi connectivity index (χ4n) is 1.12. The van der Waals surface area contributed by atoms with Gasteiger partial charge in [-0.05, 0) is 5.41 Å². The largest absolute Gasteiger partial charge is 0.480 e. The summed E-state index contributed by atoms with van der Waals surface area (Å²) in [6, 6.07) is 0. The molecule has 6 heteroatoms. The van der Waals surface area contributed by atoms with Crippen molar-refractivity contribution in [3.63, 3.8) is 0 Å². The highest BCUT2D eigenvalue weighted by Crippen LogP contribution is 2.18. The zero-order chi connectivity index (χ0) is 12.2. The molecule has 0 atom stereocenters. The lowest BCUT2D eigenvalue weighted by Gasteiger charge is -2.14. The fourth-order valence-corrected chi connectivity index (χ4v) is 1.12. The number of hydrogen-bond acceptors (Lipinski definition) is 5. The van der Waals surface area contributed by atoms with Gasteiger partial charge in [0.25, 0.3) is 5.89 Å². The van der Waals surface area contributed by atoms with Crippen LogP contribution >= 0.6 is 0 Å². The highest BCUT2D eigenvalue weighted by Gasteiger charge is 2.16. The number of carbonyl (C=O) groups is 1. The molecule has 1 heterocycles. The second-order valence-corrected chi connectivity index (χ2v) is 4.73. The lowest BCUT2D eigenvalue weighted by Crippen LogP contribution is -2.10. The van der Waals surface area contributed by atoms with Gasteiger partial charge in [0, 0.05) is 6.42 Å². The van der Waals surface area contributed by atoms with E-state index < -0.39 is 5.97 Å². The molecule has 6 nitrogen and oxygen atoms in total. The first-order chi connectivity index (χ1) is 7.37. The van der Waals surface area contributed by atoms with Gasteiger partial charge in [0.05, 0.1) is 0 Å². The molecule has 0 unspecified atom stereocenters. The number of aliphatic carboxylic acids is 1. The van der Waals surface area contributed by atoms with E-state index in [9.17, 15) is 4.79 Å². The molecule has 0 fully saturated rings. The first kappa shape index (κ1) is 12.6. The SMILES string of the molecule is CC(C)(C)Cc1noc(COCC(=O)O)n1. The topological polar surface area (TPSA) is 85.5 Å². The Bertz CT molecular complexity index is 354. The van der Waals surface area contributed by atoms with Crippen molar-refractivity contribution in [2.45, 2.75) is 33.8 Å². The van der Waals surface area contributed by atoms with Gasteiger partial charge >= 0.3 is 5.97 Å². The Labute approximate surface area is 93.6 Å². The average Bonchev–Trinajstić information content (AvgIpc) is 2.48. The number of carboxylic acid groups (broad SMARTS) is 1. The number of carboxylic acids is 1. The van der Waals surface area contributed by atoms with Crippen molar-refractivity contribution in [3.8, 4) is 0 Å². The molecule has 0 aliphatic carbocycles. The van der Waals surface area contributed by atoms with Crippen LogP contribution in [0.25, 0.3) is 0 Å². The van der Waals surface area contributed by atoms with Gasteiger partial charge in [-0.25, -0.2) is 4.79 Å². The van der Waals surface area contributed by atoms with E-state index >= 15 is 0 Å². The van der Waals surface area contributed by atoms with Crippen molar-refractivity contribution in [2.24, 2.45) is 5.41 Å². The molecule has 1 aromatic heterocycles. The van der Waals surface area contributed by atoms with E-state index in [0.29, 0.717) is 18.1 Å². The average molecular weight is 228 g/mol. The third-order valence-electron chi connectivity index (χ3n) is 1.65. The number of rotatable bonds is 5. The quantitative estimate of drug-likeness (QED) is 0.816. The van der Waals surface area contributed by atoms with E-state index in [1.54, 1.807) is 0 Å². The summed E-state index contributed by atoms with van der Waals surface area (Å²) >= 11 is 0. The molecule has 0 spiro atoms. The van der Waals surface area contributed by atoms with E-state index in [4.69, 9.17) is 14.4 Å². The molecule has 0 saturated carbocycles. The molecule has 0 aromatic carbocycles. The number of aromatic nitrogens is 2. The van der Waals surface area contributed by atoms with E-state index in [2.05, 4.69) is 30.9 Å². The Balaban J connectivity index is 2.42. The van der Waals surface area contributed by atoms with Crippen LogP contribution in [-0.2, 0) is 22.6 Å². The minimum atomic E-state index is -1.02. The summed E-state index contributed by atoms with van der Waals surface area (Å²) in [6.45, 7) is 5.89. The van der Waals surface area contributed by atoms with Gasteiger partial charge in [-0.3, -0.25) is 0 Å². The Morgan fingerprint density at radius 1 is 1.50 bits per heavy atom. The maximum Gasteiger partial charge on any atom is 0.329 e. The van der Waals surface area contributed by atoms with Crippen LogP contribution in [0.4, 0.5) is 0 Å². The number of ether oxygens (including phenoxy) is 1. The summed E-state index contributed by atoms with van der Waals surface area (Å²) in [4.78, 5) is 14.3. The normalized spacial score (nSPS) is 11.7. The van der Waals surface area contributed by atoms with Gasteiger partial charge in [0.2, 0.25) is 0 Å². The molecule has 0 aliphatic rings. The summed E-state index contributed by atoms with van der Waals surface area (Å²) in [7, 11) is 0. The molecule has 0 saturated heterocycles. The predicted molar refractivity (Wildman–Crippen MR) is 54.7 cm³/mol. The Hall–Kier alpha value is -1.43. The summed E-state index contributed by atoms with van der Waals surface area (Å²) in [5, 5.41) is 12.1. The van der Waals surface area contributed by atoms with E-state index in [1.165, 1.54) is 0 Å². The van der Waals surface area contributed by atoms with Crippen molar-refractivity contribution in [1.82, 2.24) is 10.1 Å². The van der Waals surface area contributed by atoms with Gasteiger partial charge in [0.15, 0.2) is 5.82 Å². The zero-order valence-corrected chi connectivity index (χ0v) is 9.69. The van der Waals surface area contributed by atoms with E-state index in [0.717, 1.165) is 0 Å². The van der Waals surface area contributed by atoms with Crippen molar-refractivity contribution in [2.75, 3.05) is 6.61 Å². The van der Waals surface area contributed by atoms with Crippen LogP contribution in [0, 0.1) is 5.41 Å². The fraction of sp³-hybridized carbons (Fsp3) is 0.700. The second-order valence-electron chi connectivity index (χ2n) is 4.73. The summed E-state index contributed by atoms with van der Waals surface area (Å²) in [5.74, 6) is -0.101. The van der Waals surface area contributed by atoms with Crippen LogP contribution in [0.5, 0.6) is 0 Å². The maximum absolute atomic E-state index is 10.2. The maximum atomic E-state index is 10.2. The Morgan fingerprint density at radius 3 is 2.75 bits per heavy atom. The molecule has 0 amide bonds. The van der Waals surface area contributed by atoms with Crippen LogP contribution in [0.15, 0.2) is 4.52 Å². The molecular weight excluding hydrogens is 212 g/mol. The molecule has 0 radical (unpaired) electrons. The predicted octanol–water partition coefficient (Wildman–Crippen LogP) is 1.26. The van der Waals surface area contributed by atoms with Crippen LogP contribution in [0.3, 0.4) is 0 Å². The minimum absolute atomic E-state index is 0.0312. The molecule has 1 N–H and O–H groups in total. The Kier molecular flexibility index (Phi) is 4.00.